The molecule has 0 unspecified atom stereocenters. The molecule has 41 heavy (non-hydrogen) atoms. The van der Waals surface area contributed by atoms with Crippen LogP contribution in [0.1, 0.15) is 51.1 Å². The molecule has 0 radical (unpaired) electrons. The summed E-state index contributed by atoms with van der Waals surface area (Å²) in [4.78, 5) is 12.6. The van der Waals surface area contributed by atoms with Crippen molar-refractivity contribution in [3.8, 4) is 22.5 Å². The molecule has 6 heteroatoms. The lowest BCUT2D eigenvalue weighted by molar-refractivity contribution is 0.353. The van der Waals surface area contributed by atoms with Crippen LogP contribution in [0.4, 0.5) is 0 Å². The Morgan fingerprint density at radius 2 is 1.93 bits per heavy atom. The van der Waals surface area contributed by atoms with Crippen LogP contribution in [-0.2, 0) is 0 Å². The second-order valence-corrected chi connectivity index (χ2v) is 10.9. The number of allylic oxidation sites excluding steroid dienone is 5. The SMILES string of the molecule is C=C/C(=C\C(=C/C)c1cc2c(-c3cc4c(-c5cccnc5)cccc4[nH]3)n[nH]c2cn1)NC(=C)CC1CCCCC1. The Hall–Kier alpha value is -4.71. The van der Waals surface area contributed by atoms with Crippen molar-refractivity contribution < 1.29 is 0 Å². The first-order valence-electron chi connectivity index (χ1n) is 14.4. The smallest absolute Gasteiger partial charge is 0.116 e. The fourth-order valence-electron chi connectivity index (χ4n) is 5.95. The summed E-state index contributed by atoms with van der Waals surface area (Å²) in [5, 5.41) is 13.5. The number of hydrogen-bond donors (Lipinski definition) is 3. The summed E-state index contributed by atoms with van der Waals surface area (Å²) in [5.41, 5.74) is 9.81. The molecule has 6 nitrogen and oxygen atoms in total. The first kappa shape index (κ1) is 26.5. The lowest BCUT2D eigenvalue weighted by Crippen LogP contribution is -2.16. The molecule has 6 rings (SSSR count). The van der Waals surface area contributed by atoms with E-state index in [2.05, 4.69) is 87.2 Å². The third kappa shape index (κ3) is 5.64. The summed E-state index contributed by atoms with van der Waals surface area (Å²) in [6.07, 6.45) is 19.2. The Labute approximate surface area is 241 Å². The topological polar surface area (TPSA) is 82.3 Å². The maximum absolute atomic E-state index is 4.76. The van der Waals surface area contributed by atoms with E-state index in [0.29, 0.717) is 0 Å². The van der Waals surface area contributed by atoms with E-state index >= 15 is 0 Å². The maximum Gasteiger partial charge on any atom is 0.116 e. The zero-order valence-corrected chi connectivity index (χ0v) is 23.6. The predicted octanol–water partition coefficient (Wildman–Crippen LogP) is 8.72. The monoisotopic (exact) mass is 540 g/mol. The molecule has 1 aliphatic carbocycles. The van der Waals surface area contributed by atoms with Gasteiger partial charge in [0.2, 0.25) is 0 Å². The van der Waals surface area contributed by atoms with Crippen LogP contribution in [0.25, 0.3) is 49.9 Å². The Bertz CT molecular complexity index is 1760. The van der Waals surface area contributed by atoms with Crippen LogP contribution < -0.4 is 5.32 Å². The minimum absolute atomic E-state index is 0.727. The number of nitrogens with zero attached hydrogens (tertiary/aromatic N) is 3. The van der Waals surface area contributed by atoms with Crippen molar-refractivity contribution in [2.24, 2.45) is 5.92 Å². The molecule has 1 fully saturated rings. The predicted molar refractivity (Wildman–Crippen MR) is 170 cm³/mol. The summed E-state index contributed by atoms with van der Waals surface area (Å²) < 4.78 is 0. The first-order chi connectivity index (χ1) is 20.1. The van der Waals surface area contributed by atoms with E-state index in [9.17, 15) is 0 Å². The molecule has 1 aromatic carbocycles. The molecule has 5 aromatic rings. The molecular formula is C35H36N6. The number of hydrogen-bond acceptors (Lipinski definition) is 4. The molecular weight excluding hydrogens is 504 g/mol. The van der Waals surface area contributed by atoms with Gasteiger partial charge in [-0.05, 0) is 66.8 Å². The third-order valence-electron chi connectivity index (χ3n) is 8.06. The van der Waals surface area contributed by atoms with Gasteiger partial charge in [-0.1, -0.05) is 69.5 Å². The molecule has 1 saturated carbocycles. The van der Waals surface area contributed by atoms with Crippen molar-refractivity contribution in [2.75, 3.05) is 0 Å². The standard InChI is InChI=1S/C35H36N6/c1-4-25(18-27(5-2)38-23(3)17-24-11-7-6-8-12-24)32-20-30-34(22-37-32)40-41-35(30)33-19-29-28(14-9-15-31(29)39-33)26-13-10-16-36-21-26/h4-5,9-10,13-16,18-22,24,38-39H,2-3,6-8,11-12,17H2,1H3,(H,40,41)/b25-4+,27-18+. The van der Waals surface area contributed by atoms with Gasteiger partial charge < -0.3 is 10.3 Å². The maximum atomic E-state index is 4.76. The molecule has 4 heterocycles. The number of fused-ring (bicyclic) bond motifs is 2. The van der Waals surface area contributed by atoms with Crippen LogP contribution in [0.5, 0.6) is 0 Å². The second-order valence-electron chi connectivity index (χ2n) is 10.9. The van der Waals surface area contributed by atoms with Crippen LogP contribution in [0.2, 0.25) is 0 Å². The van der Waals surface area contributed by atoms with Gasteiger partial charge in [-0.15, -0.1) is 0 Å². The second kappa shape index (κ2) is 11.8. The minimum Gasteiger partial charge on any atom is -0.359 e. The van der Waals surface area contributed by atoms with Crippen molar-refractivity contribution >= 4 is 27.4 Å². The zero-order chi connectivity index (χ0) is 28.2. The Morgan fingerprint density at radius 1 is 1.05 bits per heavy atom. The number of pyridine rings is 2. The molecule has 0 aliphatic heterocycles. The number of aromatic nitrogens is 5. The normalized spacial score (nSPS) is 15.0. The number of rotatable bonds is 9. The average molecular weight is 541 g/mol. The van der Waals surface area contributed by atoms with E-state index in [0.717, 1.165) is 79.3 Å². The Balaban J connectivity index is 1.30. The molecule has 0 saturated heterocycles. The van der Waals surface area contributed by atoms with E-state index in [1.807, 2.05) is 31.5 Å². The van der Waals surface area contributed by atoms with E-state index in [1.165, 1.54) is 32.1 Å². The van der Waals surface area contributed by atoms with Gasteiger partial charge >= 0.3 is 0 Å². The van der Waals surface area contributed by atoms with Gasteiger partial charge in [-0.3, -0.25) is 15.1 Å². The number of aromatic amines is 2. The van der Waals surface area contributed by atoms with Crippen molar-refractivity contribution in [1.82, 2.24) is 30.5 Å². The van der Waals surface area contributed by atoms with Crippen molar-refractivity contribution in [3.05, 3.63) is 110 Å². The largest absolute Gasteiger partial charge is 0.359 e. The van der Waals surface area contributed by atoms with Gasteiger partial charge in [0, 0.05) is 45.6 Å². The fraction of sp³-hybridized carbons (Fsp3) is 0.229. The number of benzene rings is 1. The third-order valence-corrected chi connectivity index (χ3v) is 8.06. The van der Waals surface area contributed by atoms with Gasteiger partial charge in [-0.2, -0.15) is 5.10 Å². The zero-order valence-electron chi connectivity index (χ0n) is 23.6. The summed E-state index contributed by atoms with van der Waals surface area (Å²) in [7, 11) is 0. The highest BCUT2D eigenvalue weighted by molar-refractivity contribution is 6.01. The highest BCUT2D eigenvalue weighted by Crippen LogP contribution is 2.34. The van der Waals surface area contributed by atoms with Gasteiger partial charge in [0.15, 0.2) is 0 Å². The van der Waals surface area contributed by atoms with E-state index in [-0.39, 0.29) is 0 Å². The minimum atomic E-state index is 0.727. The van der Waals surface area contributed by atoms with Crippen molar-refractivity contribution in [2.45, 2.75) is 45.4 Å². The first-order valence-corrected chi connectivity index (χ1v) is 14.4. The number of nitrogens with one attached hydrogen (secondary N) is 3. The van der Waals surface area contributed by atoms with Crippen LogP contribution in [0.15, 0.2) is 104 Å². The van der Waals surface area contributed by atoms with Crippen LogP contribution in [-0.4, -0.2) is 25.1 Å². The molecule has 1 aliphatic rings. The Kier molecular flexibility index (Phi) is 7.63. The average Bonchev–Trinajstić information content (AvgIpc) is 3.64. The fourth-order valence-corrected chi connectivity index (χ4v) is 5.95. The molecule has 4 aromatic heterocycles. The summed E-state index contributed by atoms with van der Waals surface area (Å²) >= 11 is 0. The van der Waals surface area contributed by atoms with Gasteiger partial charge in [0.1, 0.15) is 5.69 Å². The van der Waals surface area contributed by atoms with E-state index in [4.69, 9.17) is 4.98 Å². The highest BCUT2D eigenvalue weighted by atomic mass is 15.1. The van der Waals surface area contributed by atoms with Crippen molar-refractivity contribution in [3.63, 3.8) is 0 Å². The highest BCUT2D eigenvalue weighted by Gasteiger charge is 2.16. The lowest BCUT2D eigenvalue weighted by Gasteiger charge is -2.23. The Morgan fingerprint density at radius 3 is 2.71 bits per heavy atom. The lowest BCUT2D eigenvalue weighted by atomic mass is 9.86. The van der Waals surface area contributed by atoms with Gasteiger partial charge in [-0.25, -0.2) is 0 Å². The van der Waals surface area contributed by atoms with Crippen LogP contribution >= 0.6 is 0 Å². The summed E-state index contributed by atoms with van der Waals surface area (Å²) in [5.74, 6) is 0.727. The molecule has 3 N–H and O–H groups in total. The molecule has 0 amide bonds. The number of H-pyrrole nitrogens is 2. The van der Waals surface area contributed by atoms with Crippen LogP contribution in [0.3, 0.4) is 0 Å². The summed E-state index contributed by atoms with van der Waals surface area (Å²) in [6.45, 7) is 10.4. The molecule has 0 atom stereocenters. The van der Waals surface area contributed by atoms with Crippen molar-refractivity contribution in [1.29, 1.82) is 0 Å². The molecule has 0 spiro atoms. The quantitative estimate of drug-likeness (QED) is 0.163. The van der Waals surface area contributed by atoms with Gasteiger partial charge in [0.25, 0.3) is 0 Å². The van der Waals surface area contributed by atoms with E-state index < -0.39 is 0 Å². The van der Waals surface area contributed by atoms with Gasteiger partial charge in [0.05, 0.1) is 23.1 Å². The summed E-state index contributed by atoms with van der Waals surface area (Å²) in [6, 6.07) is 14.6. The van der Waals surface area contributed by atoms with Crippen LogP contribution in [0, 0.1) is 5.92 Å². The molecule has 0 bridgehead atoms. The van der Waals surface area contributed by atoms with E-state index in [1.54, 1.807) is 6.20 Å². The molecule has 206 valence electrons.